The highest BCUT2D eigenvalue weighted by molar-refractivity contribution is 6.39. The highest BCUT2D eigenvalue weighted by atomic mass is 16.2. The minimum atomic E-state index is -1.05. The molecule has 0 spiro atoms. The third-order valence-corrected chi connectivity index (χ3v) is 31.8. The topological polar surface area (TPSA) is 465 Å². The number of hydrogen-bond acceptors (Lipinski definition) is 19. The molecular weight excluding hydrogens is 1860 g/mol. The van der Waals surface area contributed by atoms with Crippen molar-refractivity contribution in [3.63, 3.8) is 0 Å². The first-order valence-corrected chi connectivity index (χ1v) is 53.1. The monoisotopic (exact) mass is 2030 g/mol. The fourth-order valence-corrected chi connectivity index (χ4v) is 22.5. The van der Waals surface area contributed by atoms with E-state index in [2.05, 4.69) is 111 Å². The summed E-state index contributed by atoms with van der Waals surface area (Å²) < 4.78 is 0. The second-order valence-corrected chi connectivity index (χ2v) is 48.2. The van der Waals surface area contributed by atoms with E-state index in [0.29, 0.717) is 56.4 Å². The minimum Gasteiger partial charge on any atom is -0.378 e. The molecule has 6 saturated carbocycles. The molecule has 0 radical (unpaired) electrons. The molecule has 146 heavy (non-hydrogen) atoms. The number of piperidine rings is 3. The quantitative estimate of drug-likeness (QED) is 0.0167. The molecule has 6 aliphatic carbocycles. The number of nitrogens with one attached hydrogen (secondary N) is 12. The zero-order valence-corrected chi connectivity index (χ0v) is 91.0. The summed E-state index contributed by atoms with van der Waals surface area (Å²) in [6, 6.07) is 3.22. The lowest BCUT2D eigenvalue weighted by molar-refractivity contribution is -0.145. The van der Waals surface area contributed by atoms with Gasteiger partial charge in [0.05, 0.1) is 36.3 Å². The second kappa shape index (κ2) is 49.6. The maximum atomic E-state index is 14.5. The van der Waals surface area contributed by atoms with Crippen LogP contribution in [0.25, 0.3) is 0 Å². The Morgan fingerprint density at radius 2 is 0.685 bits per heavy atom. The van der Waals surface area contributed by atoms with E-state index < -0.39 is 177 Å². The van der Waals surface area contributed by atoms with Crippen LogP contribution < -0.4 is 68.7 Å². The van der Waals surface area contributed by atoms with Gasteiger partial charge in [0.15, 0.2) is 17.3 Å². The van der Waals surface area contributed by atoms with Crippen molar-refractivity contribution < 1.29 is 86.3 Å². The summed E-state index contributed by atoms with van der Waals surface area (Å²) >= 11 is 0. The van der Waals surface area contributed by atoms with Crippen LogP contribution in [0.2, 0.25) is 0 Å². The van der Waals surface area contributed by atoms with E-state index in [1.165, 1.54) is 28.0 Å². The molecule has 9 aliphatic rings. The second-order valence-electron chi connectivity index (χ2n) is 48.2. The summed E-state index contributed by atoms with van der Waals surface area (Å²) in [6.45, 7) is 52.2. The summed E-state index contributed by atoms with van der Waals surface area (Å²) in [4.78, 5) is 250. The summed E-state index contributed by atoms with van der Waals surface area (Å²) in [7, 11) is 3.86. The Bertz CT molecular complexity index is 5100. The fraction of sp³-hybridized carbons (Fsp3) is 0.679. The van der Waals surface area contributed by atoms with E-state index in [0.717, 1.165) is 89.2 Å². The number of unbranched alkanes of at least 4 members (excludes halogenated alkanes) is 1. The van der Waals surface area contributed by atoms with Gasteiger partial charge in [-0.1, -0.05) is 258 Å². The molecule has 3 saturated heterocycles. The van der Waals surface area contributed by atoms with Gasteiger partial charge in [-0.05, 0) is 167 Å². The van der Waals surface area contributed by atoms with E-state index >= 15 is 0 Å². The smallest absolute Gasteiger partial charge is 0.316 e. The third kappa shape index (κ3) is 28.9. The molecular formula is C112H170N16O18. The number of carbonyl (C=O) groups is 18. The van der Waals surface area contributed by atoms with Crippen molar-refractivity contribution in [2.45, 2.75) is 340 Å². The molecule has 2 aromatic carbocycles. The molecule has 34 heteroatoms. The Hall–Kier alpha value is -11.5. The van der Waals surface area contributed by atoms with Crippen molar-refractivity contribution in [3.05, 3.63) is 104 Å². The largest absolute Gasteiger partial charge is 0.378 e. The fourth-order valence-electron chi connectivity index (χ4n) is 22.5. The summed E-state index contributed by atoms with van der Waals surface area (Å²) in [6.07, 6.45) is 19.1. The average Bonchev–Trinajstić information content (AvgIpc) is 1.53. The molecule has 2 aromatic rings. The molecule has 9 fully saturated rings. The van der Waals surface area contributed by atoms with Gasteiger partial charge in [-0.2, -0.15) is 0 Å². The van der Waals surface area contributed by atoms with Crippen LogP contribution in [0, 0.1) is 91.2 Å². The van der Waals surface area contributed by atoms with Crippen molar-refractivity contribution in [1.82, 2.24) is 78.5 Å². The van der Waals surface area contributed by atoms with Crippen molar-refractivity contribution in [2.75, 3.05) is 58.3 Å². The van der Waals surface area contributed by atoms with E-state index in [9.17, 15) is 86.3 Å². The molecule has 4 unspecified atom stereocenters. The van der Waals surface area contributed by atoms with Crippen LogP contribution in [0.4, 0.5) is 20.1 Å². The van der Waals surface area contributed by atoms with Gasteiger partial charge in [0.25, 0.3) is 17.7 Å². The highest BCUT2D eigenvalue weighted by Crippen LogP contribution is 2.67. The molecule has 11 rings (SSSR count). The average molecular weight is 2030 g/mol. The molecule has 806 valence electrons. The number of nitrogens with zero attached hydrogens (tertiary/aromatic N) is 4. The van der Waals surface area contributed by atoms with Crippen molar-refractivity contribution in [2.24, 2.45) is 91.2 Å². The number of anilines is 1. The normalized spacial score (nSPS) is 23.2. The number of fused-ring (bicyclic) bond motifs is 3. The number of amides is 15. The lowest BCUT2D eigenvalue weighted by Crippen LogP contribution is -2.62. The van der Waals surface area contributed by atoms with Crippen LogP contribution in [-0.2, 0) is 62.3 Å². The number of benzene rings is 2. The standard InChI is InChI=1S/C40H60N6O6.C36H57N5O6.C36H53N5O6/c1-10-15-28(33(48)36(50)41-22-11-2)42-35(49)31-29-27(40(29,6)7)23-46(31)37(51)34(39(3,4)5)44-38(52)43-30(24-16-13-12-14-17-24)32(47)25-18-20-26(21-19-25)45(8)9;1-8-10-16-24(29(43)32(45)37-19-9-2)38-31(44)27-25-23(36(25,6)7)20-41(27)33(46)30(35(3,4)5)40-34(47)39-26(28(42)22-17-18-22)21-14-12-11-13-15-21;1-11-16-23(27(43)31(45)37-19-12-2)38-30(44)25-24-22(36(24,9)10)20-41(25)32(46)29(35(6,7)8)40-33(47)39-28(34(3,4)5)26(42)21-17-14-13-15-18-21/h11,18-21,24,27-31,34H,2,10,12-17,22-23H2,1,3-9H3,(H,41,50)(H,42,49)(H2,43,44,52);9,21-27,30H,2,8,10-20H2,1,3-7H3,(H,37,45)(H,38,44)(H2,39,40,47);12-15,17-18,22-25,28-29H,2,11,16,19-20H2,1,3-10H3,(H,37,45)(H,38,44)(H2,39,40,47)/t27-,28?,29-,30-,31-,34+;23-,24?,25-,26-,27-,30+;22-,23?,24-,25-,28?,29+/m000/s1. The molecule has 0 aromatic heterocycles. The Labute approximate surface area is 864 Å². The first-order valence-electron chi connectivity index (χ1n) is 53.1. The third-order valence-electron chi connectivity index (χ3n) is 31.8. The number of rotatable bonds is 43. The minimum absolute atomic E-state index is 0.00215. The van der Waals surface area contributed by atoms with Crippen LogP contribution in [0.5, 0.6) is 0 Å². The van der Waals surface area contributed by atoms with Crippen LogP contribution in [0.1, 0.15) is 288 Å². The number of carbonyl (C=O) groups excluding carboxylic acids is 18. The van der Waals surface area contributed by atoms with Crippen LogP contribution in [-0.4, -0.2) is 247 Å². The van der Waals surface area contributed by atoms with Crippen molar-refractivity contribution >= 4 is 112 Å². The predicted octanol–water partition coefficient (Wildman–Crippen LogP) is 11.5. The summed E-state index contributed by atoms with van der Waals surface area (Å²) in [5.74, 6) is -7.79. The van der Waals surface area contributed by atoms with Crippen LogP contribution in [0.15, 0.2) is 92.6 Å². The number of likely N-dealkylation sites (tertiary alicyclic amines) is 3. The van der Waals surface area contributed by atoms with Crippen molar-refractivity contribution in [1.29, 1.82) is 0 Å². The van der Waals surface area contributed by atoms with E-state index in [1.54, 1.807) is 41.3 Å². The lowest BCUT2D eigenvalue weighted by Gasteiger charge is -2.38. The van der Waals surface area contributed by atoms with Gasteiger partial charge in [-0.25, -0.2) is 14.4 Å². The summed E-state index contributed by atoms with van der Waals surface area (Å²) in [5, 5.41) is 33.3. The zero-order chi connectivity index (χ0) is 109. The van der Waals surface area contributed by atoms with Gasteiger partial charge in [-0.15, -0.1) is 19.7 Å². The molecule has 3 heterocycles. The number of ketones is 6. The maximum Gasteiger partial charge on any atom is 0.316 e. The molecule has 34 nitrogen and oxygen atoms in total. The van der Waals surface area contributed by atoms with E-state index in [1.807, 2.05) is 155 Å². The van der Waals surface area contributed by atoms with Gasteiger partial charge in [0.2, 0.25) is 52.8 Å². The van der Waals surface area contributed by atoms with Gasteiger partial charge in [0.1, 0.15) is 36.3 Å². The van der Waals surface area contributed by atoms with Crippen LogP contribution in [0.3, 0.4) is 0 Å². The first kappa shape index (κ1) is 118. The number of urea groups is 3. The van der Waals surface area contributed by atoms with Gasteiger partial charge < -0.3 is 83.4 Å². The van der Waals surface area contributed by atoms with Gasteiger partial charge >= 0.3 is 18.1 Å². The maximum absolute atomic E-state index is 14.5. The van der Waals surface area contributed by atoms with Crippen molar-refractivity contribution in [3.8, 4) is 0 Å². The number of hydrogen-bond donors (Lipinski definition) is 12. The Balaban J connectivity index is 0.000000244. The molecule has 18 atom stereocenters. The number of Topliss-reactive ketones (excluding diaryl/α,β-unsaturated/α-hetero) is 6. The molecule has 0 bridgehead atoms. The van der Waals surface area contributed by atoms with Gasteiger partial charge in [0, 0.05) is 76.1 Å². The van der Waals surface area contributed by atoms with E-state index in [4.69, 9.17) is 0 Å². The van der Waals surface area contributed by atoms with Gasteiger partial charge in [-0.3, -0.25) is 71.9 Å². The van der Waals surface area contributed by atoms with E-state index in [-0.39, 0.29) is 125 Å². The predicted molar refractivity (Wildman–Crippen MR) is 561 cm³/mol. The molecule has 12 N–H and O–H groups in total. The zero-order valence-electron chi connectivity index (χ0n) is 91.0. The SMILES string of the molecule is C=CCNC(=O)C(=O)C(CCC)NC(=O)[C@@H]1[C@@H]2[C@H](CN1C(=O)[C@@H](NC(=O)NC(C(=O)c1ccccc1)C(C)(C)C)C(C)(C)C)C2(C)C.C=CCNC(=O)C(=O)C(CCC)NC(=O)[C@@H]1[C@@H]2[C@H](CN1C(=O)[C@@H](NC(=O)N[C@H](C(=O)c1ccc(N(C)C)cc1)C1CCCCC1)C(C)(C)C)C2(C)C.C=CCNC(=O)C(=O)C(CCCC)NC(=O)[C@@H]1[C@@H]2[C@H](CN1C(=O)[C@@H](NC(=O)N[C@H](C(=O)C1CC1)C1CCCCC1)C(C)(C)C)C2(C)C. The highest BCUT2D eigenvalue weighted by Gasteiger charge is 2.73. The Kier molecular flexibility index (Phi) is 40.1. The van der Waals surface area contributed by atoms with Crippen LogP contribution >= 0.6 is 0 Å². The molecule has 3 aliphatic heterocycles. The first-order chi connectivity index (χ1) is 68.3. The lowest BCUT2D eigenvalue weighted by atomic mass is 9.81. The Morgan fingerprint density at radius 1 is 0.377 bits per heavy atom. The Morgan fingerprint density at radius 3 is 0.993 bits per heavy atom. The summed E-state index contributed by atoms with van der Waals surface area (Å²) in [5.41, 5.74) is -1.52. The molecule has 15 amide bonds.